The second-order valence-corrected chi connectivity index (χ2v) is 19.1. The molecule has 1 aliphatic rings. The Morgan fingerprint density at radius 2 is 1.72 bits per heavy atom. The Kier molecular flexibility index (Phi) is 10.6. The Labute approximate surface area is 241 Å². The molecule has 2 rings (SSSR count). The zero-order valence-electron chi connectivity index (χ0n) is 24.4. The molecule has 0 unspecified atom stereocenters. The van der Waals surface area contributed by atoms with Gasteiger partial charge >= 0.3 is 5.97 Å². The van der Waals surface area contributed by atoms with Crippen LogP contribution in [0.15, 0.2) is 35.1 Å². The number of thioether (sulfide) groups is 2. The van der Waals surface area contributed by atoms with Crippen LogP contribution in [0, 0.1) is 22.7 Å². The van der Waals surface area contributed by atoms with Crippen LogP contribution in [0.25, 0.3) is 0 Å². The number of nitrogens with zero attached hydrogens (tertiary/aromatic N) is 2. The van der Waals surface area contributed by atoms with Crippen molar-refractivity contribution in [1.82, 2.24) is 4.90 Å². The monoisotopic (exact) mass is 592 g/mol. The van der Waals surface area contributed by atoms with Crippen molar-refractivity contribution < 1.29 is 28.7 Å². The highest BCUT2D eigenvalue weighted by atomic mass is 32.2. The quantitative estimate of drug-likeness (QED) is 0.142. The number of likely N-dealkylation sites (tertiary alicyclic amines) is 1. The Morgan fingerprint density at radius 3 is 2.15 bits per heavy atom. The zero-order chi connectivity index (χ0) is 29.9. The molecule has 1 fully saturated rings. The van der Waals surface area contributed by atoms with Gasteiger partial charge in [-0.25, -0.2) is 4.79 Å². The standard InChI is InChI=1S/C28H40N2O6S2Si/c1-11-37-23-20(17(2)36-39(9,10)28(6,7)8)22(31)30(23)21(24(32)33)25(38-26(34)27(3,4)5)35-19-14-12-18(16-29)13-15-19/h12-15,17,20,23H,11H2,1-10H3,(H,32,33)/t17-,20+,23-/m1/s1. The highest BCUT2D eigenvalue weighted by molar-refractivity contribution is 8.16. The molecule has 0 bridgehead atoms. The van der Waals surface area contributed by atoms with Crippen molar-refractivity contribution in [2.75, 3.05) is 5.75 Å². The van der Waals surface area contributed by atoms with E-state index >= 15 is 0 Å². The third-order valence-electron chi connectivity index (χ3n) is 6.84. The Balaban J connectivity index is 2.57. The van der Waals surface area contributed by atoms with Gasteiger partial charge in [0.15, 0.2) is 19.1 Å². The second kappa shape index (κ2) is 12.5. The molecular weight excluding hydrogens is 553 g/mol. The maximum atomic E-state index is 13.7. The van der Waals surface area contributed by atoms with Crippen LogP contribution in [0.4, 0.5) is 0 Å². The summed E-state index contributed by atoms with van der Waals surface area (Å²) in [5.74, 6) is -1.41. The van der Waals surface area contributed by atoms with Gasteiger partial charge in [-0.15, -0.1) is 11.8 Å². The molecule has 1 aromatic carbocycles. The Bertz CT molecular complexity index is 1160. The fourth-order valence-corrected chi connectivity index (χ4v) is 7.14. The highest BCUT2D eigenvalue weighted by Crippen LogP contribution is 2.46. The number of amides is 1. The van der Waals surface area contributed by atoms with Crippen molar-refractivity contribution >= 4 is 48.8 Å². The van der Waals surface area contributed by atoms with Gasteiger partial charge in [-0.1, -0.05) is 48.5 Å². The first-order valence-corrected chi connectivity index (χ1v) is 17.6. The van der Waals surface area contributed by atoms with Crippen LogP contribution in [0.1, 0.15) is 61.0 Å². The van der Waals surface area contributed by atoms with Gasteiger partial charge in [0.25, 0.3) is 0 Å². The van der Waals surface area contributed by atoms with Crippen molar-refractivity contribution in [1.29, 1.82) is 5.26 Å². The first-order chi connectivity index (χ1) is 17.9. The summed E-state index contributed by atoms with van der Waals surface area (Å²) in [6, 6.07) is 8.13. The molecule has 3 atom stereocenters. The molecule has 214 valence electrons. The molecule has 0 aromatic heterocycles. The van der Waals surface area contributed by atoms with Crippen LogP contribution >= 0.6 is 23.5 Å². The normalized spacial score (nSPS) is 19.5. The summed E-state index contributed by atoms with van der Waals surface area (Å²) in [6.45, 7) is 19.6. The van der Waals surface area contributed by atoms with Crippen molar-refractivity contribution in [2.45, 2.75) is 85.0 Å². The van der Waals surface area contributed by atoms with E-state index in [0.29, 0.717) is 23.1 Å². The predicted octanol–water partition coefficient (Wildman–Crippen LogP) is 6.44. The van der Waals surface area contributed by atoms with E-state index in [0.717, 1.165) is 0 Å². The molecule has 1 aliphatic heterocycles. The molecule has 0 radical (unpaired) electrons. The number of benzene rings is 1. The largest absolute Gasteiger partial charge is 0.476 e. The van der Waals surface area contributed by atoms with E-state index < -0.39 is 37.1 Å². The number of hydrogen-bond acceptors (Lipinski definition) is 8. The second-order valence-electron chi connectivity index (χ2n) is 12.0. The van der Waals surface area contributed by atoms with Gasteiger partial charge < -0.3 is 14.3 Å². The number of carboxylic acids is 1. The number of hydrogen-bond donors (Lipinski definition) is 1. The highest BCUT2D eigenvalue weighted by Gasteiger charge is 2.56. The summed E-state index contributed by atoms with van der Waals surface area (Å²) in [6.07, 6.45) is -0.416. The van der Waals surface area contributed by atoms with E-state index in [1.165, 1.54) is 40.9 Å². The molecule has 8 nitrogen and oxygen atoms in total. The topological polar surface area (TPSA) is 117 Å². The molecule has 1 saturated heterocycles. The maximum absolute atomic E-state index is 13.7. The van der Waals surface area contributed by atoms with Gasteiger partial charge in [-0.2, -0.15) is 5.26 Å². The van der Waals surface area contributed by atoms with E-state index in [4.69, 9.17) is 14.4 Å². The lowest BCUT2D eigenvalue weighted by atomic mass is 9.92. The fraction of sp³-hybridized carbons (Fsp3) is 0.571. The smallest absolute Gasteiger partial charge is 0.357 e. The van der Waals surface area contributed by atoms with Crippen LogP contribution in [0.5, 0.6) is 5.75 Å². The summed E-state index contributed by atoms with van der Waals surface area (Å²) in [4.78, 5) is 40.6. The van der Waals surface area contributed by atoms with Crippen LogP contribution in [0.2, 0.25) is 18.1 Å². The van der Waals surface area contributed by atoms with Gasteiger partial charge in [0.2, 0.25) is 11.0 Å². The zero-order valence-corrected chi connectivity index (χ0v) is 27.1. The number of ether oxygens (including phenoxy) is 1. The molecule has 0 saturated carbocycles. The number of carboxylic acid groups (broad SMARTS) is 1. The Morgan fingerprint density at radius 1 is 1.15 bits per heavy atom. The maximum Gasteiger partial charge on any atom is 0.357 e. The van der Waals surface area contributed by atoms with Gasteiger partial charge in [0, 0.05) is 5.41 Å². The fourth-order valence-electron chi connectivity index (χ4n) is 3.57. The van der Waals surface area contributed by atoms with Crippen molar-refractivity contribution in [3.05, 3.63) is 40.6 Å². The molecular formula is C28H40N2O6S2Si. The molecule has 1 amide bonds. The number of β-lactam (4-membered cyclic amide) rings is 1. The molecule has 0 aliphatic carbocycles. The summed E-state index contributed by atoms with van der Waals surface area (Å²) >= 11 is 2.12. The first-order valence-electron chi connectivity index (χ1n) is 12.9. The summed E-state index contributed by atoms with van der Waals surface area (Å²) in [7, 11) is -2.19. The minimum absolute atomic E-state index is 0.0562. The van der Waals surface area contributed by atoms with E-state index in [1.54, 1.807) is 20.8 Å². The number of rotatable bonds is 10. The minimum Gasteiger partial charge on any atom is -0.476 e. The van der Waals surface area contributed by atoms with Gasteiger partial charge in [-0.05, 0) is 66.8 Å². The predicted molar refractivity (Wildman–Crippen MR) is 158 cm³/mol. The van der Waals surface area contributed by atoms with Crippen molar-refractivity contribution in [3.8, 4) is 11.8 Å². The number of carbonyl (C=O) groups is 3. The summed E-state index contributed by atoms with van der Waals surface area (Å²) in [5.41, 5.74) is -0.771. The van der Waals surface area contributed by atoms with Crippen molar-refractivity contribution in [3.63, 3.8) is 0 Å². The molecule has 0 spiro atoms. The van der Waals surface area contributed by atoms with Crippen LogP contribution < -0.4 is 4.74 Å². The lowest BCUT2D eigenvalue weighted by molar-refractivity contribution is -0.157. The lowest BCUT2D eigenvalue weighted by Crippen LogP contribution is -2.64. The SMILES string of the molecule is CCS[C@@H]1[C@@H]([C@@H](C)O[Si](C)(C)C(C)(C)C)C(=O)N1C(C(=O)O)=C(Oc1ccc(C#N)cc1)SC(=O)C(C)(C)C. The summed E-state index contributed by atoms with van der Waals surface area (Å²) in [5, 5.41) is 18.4. The third kappa shape index (κ3) is 7.69. The Hall–Kier alpha value is -2.26. The summed E-state index contributed by atoms with van der Waals surface area (Å²) < 4.78 is 12.5. The molecule has 1 N–H and O–H groups in total. The van der Waals surface area contributed by atoms with Crippen LogP contribution in [-0.2, 0) is 18.8 Å². The third-order valence-corrected chi connectivity index (χ3v) is 13.9. The lowest BCUT2D eigenvalue weighted by Gasteiger charge is -2.50. The average Bonchev–Trinajstić information content (AvgIpc) is 2.80. The molecule has 11 heteroatoms. The van der Waals surface area contributed by atoms with Crippen LogP contribution in [0.3, 0.4) is 0 Å². The minimum atomic E-state index is -2.19. The van der Waals surface area contributed by atoms with Gasteiger partial charge in [0.05, 0.1) is 29.0 Å². The van der Waals surface area contributed by atoms with Gasteiger partial charge in [-0.3, -0.25) is 14.5 Å². The number of nitriles is 1. The molecule has 1 heterocycles. The van der Waals surface area contributed by atoms with Gasteiger partial charge in [0.1, 0.15) is 5.75 Å². The molecule has 1 aromatic rings. The van der Waals surface area contributed by atoms with E-state index in [2.05, 4.69) is 33.9 Å². The number of carbonyl (C=O) groups excluding carboxylic acids is 2. The molecule has 39 heavy (non-hydrogen) atoms. The number of aliphatic carboxylic acids is 1. The first kappa shape index (κ1) is 32.9. The average molecular weight is 593 g/mol. The van der Waals surface area contributed by atoms with E-state index in [-0.39, 0.29) is 32.6 Å². The van der Waals surface area contributed by atoms with Crippen molar-refractivity contribution in [2.24, 2.45) is 11.3 Å². The van der Waals surface area contributed by atoms with E-state index in [9.17, 15) is 19.5 Å². The van der Waals surface area contributed by atoms with E-state index in [1.807, 2.05) is 19.9 Å². The van der Waals surface area contributed by atoms with Crippen LogP contribution in [-0.4, -0.2) is 52.5 Å².